The summed E-state index contributed by atoms with van der Waals surface area (Å²) >= 11 is 0. The average Bonchev–Trinajstić information content (AvgIpc) is 2.23. The quantitative estimate of drug-likeness (QED) is 0.692. The molecule has 1 aromatic heterocycles. The van der Waals surface area contributed by atoms with Crippen LogP contribution >= 0.6 is 0 Å². The van der Waals surface area contributed by atoms with Crippen LogP contribution in [-0.2, 0) is 0 Å². The molecule has 2 heteroatoms. The first-order valence-corrected chi connectivity index (χ1v) is 4.55. The summed E-state index contributed by atoms with van der Waals surface area (Å²) in [5.74, 6) is 0. The zero-order valence-electron chi connectivity index (χ0n) is 8.07. The summed E-state index contributed by atoms with van der Waals surface area (Å²) in [6.07, 6.45) is 1.79. The summed E-state index contributed by atoms with van der Waals surface area (Å²) < 4.78 is 0. The summed E-state index contributed by atoms with van der Waals surface area (Å²) in [6, 6.07) is 11.7. The number of nitrogens with two attached hydrogens (primary N) is 1. The van der Waals surface area contributed by atoms with Crippen LogP contribution in [0.5, 0.6) is 0 Å². The van der Waals surface area contributed by atoms with Crippen molar-refractivity contribution in [3.63, 3.8) is 0 Å². The van der Waals surface area contributed by atoms with Crippen molar-refractivity contribution in [3.05, 3.63) is 48.2 Å². The molecule has 0 saturated heterocycles. The van der Waals surface area contributed by atoms with Crippen molar-refractivity contribution in [3.8, 4) is 11.3 Å². The molecule has 0 amide bonds. The Morgan fingerprint density at radius 2 is 2.00 bits per heavy atom. The van der Waals surface area contributed by atoms with E-state index in [-0.39, 0.29) is 0 Å². The van der Waals surface area contributed by atoms with Crippen molar-refractivity contribution in [2.75, 3.05) is 5.73 Å². The van der Waals surface area contributed by atoms with Crippen LogP contribution < -0.4 is 5.73 Å². The van der Waals surface area contributed by atoms with Gasteiger partial charge < -0.3 is 5.73 Å². The van der Waals surface area contributed by atoms with Crippen molar-refractivity contribution in [2.45, 2.75) is 6.92 Å². The molecular formula is C12H12N2. The van der Waals surface area contributed by atoms with E-state index in [1.54, 1.807) is 6.20 Å². The van der Waals surface area contributed by atoms with Crippen LogP contribution in [0, 0.1) is 6.92 Å². The van der Waals surface area contributed by atoms with Crippen LogP contribution in [0.3, 0.4) is 0 Å². The number of rotatable bonds is 1. The van der Waals surface area contributed by atoms with E-state index in [0.717, 1.165) is 16.9 Å². The Morgan fingerprint density at radius 3 is 2.71 bits per heavy atom. The van der Waals surface area contributed by atoms with Crippen LogP contribution in [0.15, 0.2) is 42.6 Å². The van der Waals surface area contributed by atoms with Gasteiger partial charge in [0.15, 0.2) is 0 Å². The van der Waals surface area contributed by atoms with E-state index in [1.807, 2.05) is 36.4 Å². The zero-order valence-corrected chi connectivity index (χ0v) is 8.07. The zero-order chi connectivity index (χ0) is 9.97. The Kier molecular flexibility index (Phi) is 2.19. The Hall–Kier alpha value is -1.83. The largest absolute Gasteiger partial charge is 0.399 e. The van der Waals surface area contributed by atoms with Crippen molar-refractivity contribution < 1.29 is 0 Å². The predicted molar refractivity (Wildman–Crippen MR) is 58.8 cm³/mol. The first-order valence-electron chi connectivity index (χ1n) is 4.55. The molecule has 0 aliphatic heterocycles. The van der Waals surface area contributed by atoms with E-state index in [9.17, 15) is 0 Å². The number of aromatic nitrogens is 1. The third-order valence-corrected chi connectivity index (χ3v) is 2.20. The van der Waals surface area contributed by atoms with Crippen LogP contribution in [-0.4, -0.2) is 4.98 Å². The molecule has 0 atom stereocenters. The molecule has 0 aliphatic carbocycles. The number of nitrogen functional groups attached to an aromatic ring is 1. The highest BCUT2D eigenvalue weighted by Gasteiger charge is 2.02. The van der Waals surface area contributed by atoms with E-state index in [0.29, 0.717) is 0 Å². The topological polar surface area (TPSA) is 38.9 Å². The monoisotopic (exact) mass is 184 g/mol. The Balaban J connectivity index is 2.57. The lowest BCUT2D eigenvalue weighted by atomic mass is 10.0. The minimum Gasteiger partial charge on any atom is -0.399 e. The van der Waals surface area contributed by atoms with Gasteiger partial charge in [-0.2, -0.15) is 0 Å². The van der Waals surface area contributed by atoms with Crippen LogP contribution in [0.25, 0.3) is 11.3 Å². The van der Waals surface area contributed by atoms with Crippen LogP contribution in [0.4, 0.5) is 5.69 Å². The average molecular weight is 184 g/mol. The lowest BCUT2D eigenvalue weighted by Gasteiger charge is -2.05. The van der Waals surface area contributed by atoms with Gasteiger partial charge in [0, 0.05) is 17.4 Å². The summed E-state index contributed by atoms with van der Waals surface area (Å²) in [6.45, 7) is 2.06. The second-order valence-electron chi connectivity index (χ2n) is 3.29. The van der Waals surface area contributed by atoms with Gasteiger partial charge >= 0.3 is 0 Å². The van der Waals surface area contributed by atoms with Gasteiger partial charge in [-0.1, -0.05) is 12.1 Å². The molecule has 0 saturated carbocycles. The molecule has 1 heterocycles. The highest BCUT2D eigenvalue weighted by Crippen LogP contribution is 2.23. The third kappa shape index (κ3) is 1.59. The molecule has 2 nitrogen and oxygen atoms in total. The summed E-state index contributed by atoms with van der Waals surface area (Å²) in [5.41, 5.74) is 9.78. The number of hydrogen-bond donors (Lipinski definition) is 1. The standard InChI is InChI=1S/C12H12N2/c1-9-5-6-10(13)8-11(9)12-4-2-3-7-14-12/h2-8H,13H2,1H3. The molecule has 0 aliphatic rings. The smallest absolute Gasteiger partial charge is 0.0705 e. The van der Waals surface area contributed by atoms with Gasteiger partial charge in [0.2, 0.25) is 0 Å². The number of nitrogens with zero attached hydrogens (tertiary/aromatic N) is 1. The van der Waals surface area contributed by atoms with E-state index in [2.05, 4.69) is 11.9 Å². The van der Waals surface area contributed by atoms with Gasteiger partial charge in [0.05, 0.1) is 5.69 Å². The molecular weight excluding hydrogens is 172 g/mol. The fourth-order valence-corrected chi connectivity index (χ4v) is 1.44. The lowest BCUT2D eigenvalue weighted by Crippen LogP contribution is -1.90. The minimum atomic E-state index is 0.774. The number of pyridine rings is 1. The van der Waals surface area contributed by atoms with Crippen molar-refractivity contribution in [1.82, 2.24) is 4.98 Å². The summed E-state index contributed by atoms with van der Waals surface area (Å²) in [7, 11) is 0. The van der Waals surface area contributed by atoms with Gasteiger partial charge in [-0.05, 0) is 36.8 Å². The van der Waals surface area contributed by atoms with E-state index in [4.69, 9.17) is 5.73 Å². The van der Waals surface area contributed by atoms with Gasteiger partial charge in [-0.15, -0.1) is 0 Å². The first-order chi connectivity index (χ1) is 6.77. The van der Waals surface area contributed by atoms with Gasteiger partial charge in [-0.3, -0.25) is 4.98 Å². The molecule has 0 bridgehead atoms. The molecule has 0 radical (unpaired) electrons. The van der Waals surface area contributed by atoms with E-state index in [1.165, 1.54) is 5.56 Å². The number of hydrogen-bond acceptors (Lipinski definition) is 2. The molecule has 70 valence electrons. The molecule has 1 aromatic carbocycles. The summed E-state index contributed by atoms with van der Waals surface area (Å²) in [5, 5.41) is 0. The number of aryl methyl sites for hydroxylation is 1. The van der Waals surface area contributed by atoms with Gasteiger partial charge in [-0.25, -0.2) is 0 Å². The highest BCUT2D eigenvalue weighted by atomic mass is 14.7. The predicted octanol–water partition coefficient (Wildman–Crippen LogP) is 2.64. The molecule has 0 spiro atoms. The fourth-order valence-electron chi connectivity index (χ4n) is 1.44. The second-order valence-corrected chi connectivity index (χ2v) is 3.29. The molecule has 2 rings (SSSR count). The third-order valence-electron chi connectivity index (χ3n) is 2.20. The Labute approximate surface area is 83.4 Å². The molecule has 2 aromatic rings. The van der Waals surface area contributed by atoms with E-state index >= 15 is 0 Å². The number of benzene rings is 1. The van der Waals surface area contributed by atoms with Crippen molar-refractivity contribution in [1.29, 1.82) is 0 Å². The highest BCUT2D eigenvalue weighted by molar-refractivity contribution is 5.67. The fraction of sp³-hybridized carbons (Fsp3) is 0.0833. The SMILES string of the molecule is Cc1ccc(N)cc1-c1ccccn1. The van der Waals surface area contributed by atoms with E-state index < -0.39 is 0 Å². The van der Waals surface area contributed by atoms with Crippen molar-refractivity contribution in [2.24, 2.45) is 0 Å². The van der Waals surface area contributed by atoms with Crippen LogP contribution in [0.2, 0.25) is 0 Å². The van der Waals surface area contributed by atoms with Gasteiger partial charge in [0.25, 0.3) is 0 Å². The summed E-state index contributed by atoms with van der Waals surface area (Å²) in [4.78, 5) is 4.30. The lowest BCUT2D eigenvalue weighted by molar-refractivity contribution is 1.31. The molecule has 14 heavy (non-hydrogen) atoms. The minimum absolute atomic E-state index is 0.774. The maximum absolute atomic E-state index is 5.74. The Bertz CT molecular complexity index is 435. The normalized spacial score (nSPS) is 10.1. The maximum atomic E-state index is 5.74. The Morgan fingerprint density at radius 1 is 1.14 bits per heavy atom. The van der Waals surface area contributed by atoms with Crippen molar-refractivity contribution >= 4 is 5.69 Å². The second kappa shape index (κ2) is 3.50. The van der Waals surface area contributed by atoms with Crippen LogP contribution in [0.1, 0.15) is 5.56 Å². The first kappa shape index (κ1) is 8.75. The molecule has 2 N–H and O–H groups in total. The maximum Gasteiger partial charge on any atom is 0.0705 e. The number of anilines is 1. The van der Waals surface area contributed by atoms with Gasteiger partial charge in [0.1, 0.15) is 0 Å². The molecule has 0 unspecified atom stereocenters. The molecule has 0 fully saturated rings.